The molecule has 4 heterocycles. The Morgan fingerprint density at radius 1 is 1.17 bits per heavy atom. The smallest absolute Gasteiger partial charge is 0.241 e. The topological polar surface area (TPSA) is 97.0 Å². The van der Waals surface area contributed by atoms with E-state index in [1.54, 1.807) is 7.11 Å². The minimum absolute atomic E-state index is 0.0921. The molecule has 2 aliphatic rings. The number of pyridine rings is 1. The van der Waals surface area contributed by atoms with Gasteiger partial charge in [-0.3, -0.25) is 0 Å². The first-order chi connectivity index (χ1) is 17.5. The van der Waals surface area contributed by atoms with Gasteiger partial charge in [-0.25, -0.2) is 14.5 Å². The van der Waals surface area contributed by atoms with Gasteiger partial charge in [-0.05, 0) is 76.7 Å². The molecule has 9 nitrogen and oxygen atoms in total. The standard InChI is InChI=1S/C27H38N6O3/c1-18(17-35-3)30-27-29-15-25-23(14-24(33(25)31-27)19-6-8-21(34)9-7-19)20-10-11-28-26(13-20)36-22-5-4-12-32(2)16-22/h10-11,13-15,18-19,21-22,34H,4-9,12,16-17H2,1-3H3,(H,30,31)/t18-,19-,21-,22?/m0/s1. The van der Waals surface area contributed by atoms with E-state index in [4.69, 9.17) is 14.6 Å². The van der Waals surface area contributed by atoms with E-state index in [0.29, 0.717) is 24.4 Å². The number of nitrogens with one attached hydrogen (secondary N) is 1. The van der Waals surface area contributed by atoms with Gasteiger partial charge in [0.1, 0.15) is 6.10 Å². The maximum absolute atomic E-state index is 10.1. The number of ether oxygens (including phenoxy) is 2. The van der Waals surface area contributed by atoms with E-state index >= 15 is 0 Å². The van der Waals surface area contributed by atoms with E-state index in [0.717, 1.165) is 74.0 Å². The minimum Gasteiger partial charge on any atom is -0.473 e. The molecule has 1 aliphatic carbocycles. The molecule has 1 saturated carbocycles. The van der Waals surface area contributed by atoms with Crippen molar-refractivity contribution in [3.05, 3.63) is 36.3 Å². The number of likely N-dealkylation sites (N-methyl/N-ethyl adjacent to an activating group) is 1. The van der Waals surface area contributed by atoms with Gasteiger partial charge in [-0.15, -0.1) is 5.10 Å². The molecule has 3 aromatic rings. The zero-order valence-corrected chi connectivity index (χ0v) is 21.6. The summed E-state index contributed by atoms with van der Waals surface area (Å²) >= 11 is 0. The monoisotopic (exact) mass is 494 g/mol. The number of piperidine rings is 1. The van der Waals surface area contributed by atoms with Crippen LogP contribution in [0.5, 0.6) is 5.88 Å². The van der Waals surface area contributed by atoms with Gasteiger partial charge in [0, 0.05) is 49.1 Å². The molecular weight excluding hydrogens is 456 g/mol. The summed E-state index contributed by atoms with van der Waals surface area (Å²) in [6.45, 7) is 4.66. The Hall–Kier alpha value is -2.75. The molecule has 194 valence electrons. The van der Waals surface area contributed by atoms with E-state index in [2.05, 4.69) is 33.3 Å². The molecule has 0 aromatic carbocycles. The summed E-state index contributed by atoms with van der Waals surface area (Å²) in [5.41, 5.74) is 4.22. The number of aromatic nitrogens is 4. The van der Waals surface area contributed by atoms with Crippen molar-refractivity contribution < 1.29 is 14.6 Å². The molecule has 2 fully saturated rings. The van der Waals surface area contributed by atoms with Crippen LogP contribution in [0.3, 0.4) is 0 Å². The highest BCUT2D eigenvalue weighted by Crippen LogP contribution is 2.38. The maximum Gasteiger partial charge on any atom is 0.241 e. The van der Waals surface area contributed by atoms with Crippen LogP contribution < -0.4 is 10.1 Å². The molecule has 0 bridgehead atoms. The van der Waals surface area contributed by atoms with E-state index in [9.17, 15) is 5.11 Å². The van der Waals surface area contributed by atoms with Crippen molar-refractivity contribution in [1.29, 1.82) is 0 Å². The van der Waals surface area contributed by atoms with E-state index in [-0.39, 0.29) is 18.2 Å². The van der Waals surface area contributed by atoms with Crippen LogP contribution in [0.25, 0.3) is 16.6 Å². The van der Waals surface area contributed by atoms with Gasteiger partial charge < -0.3 is 24.8 Å². The molecule has 36 heavy (non-hydrogen) atoms. The highest BCUT2D eigenvalue weighted by atomic mass is 16.5. The number of aliphatic hydroxyl groups is 1. The lowest BCUT2D eigenvalue weighted by Gasteiger charge is -2.29. The summed E-state index contributed by atoms with van der Waals surface area (Å²) in [6.07, 6.45) is 9.38. The Morgan fingerprint density at radius 2 is 2.00 bits per heavy atom. The zero-order valence-electron chi connectivity index (χ0n) is 21.6. The Kier molecular flexibility index (Phi) is 7.69. The first-order valence-corrected chi connectivity index (χ1v) is 13.1. The Morgan fingerprint density at radius 3 is 2.78 bits per heavy atom. The number of nitrogens with zero attached hydrogens (tertiary/aromatic N) is 5. The Bertz CT molecular complexity index is 1160. The third kappa shape index (κ3) is 5.63. The molecule has 0 amide bonds. The van der Waals surface area contributed by atoms with Gasteiger partial charge in [-0.2, -0.15) is 0 Å². The van der Waals surface area contributed by atoms with Crippen LogP contribution >= 0.6 is 0 Å². The first-order valence-electron chi connectivity index (χ1n) is 13.1. The largest absolute Gasteiger partial charge is 0.473 e. The van der Waals surface area contributed by atoms with Crippen molar-refractivity contribution in [2.75, 3.05) is 39.2 Å². The van der Waals surface area contributed by atoms with Gasteiger partial charge in [0.25, 0.3) is 0 Å². The second-order valence-electron chi connectivity index (χ2n) is 10.4. The fourth-order valence-electron chi connectivity index (χ4n) is 5.51. The Labute approximate surface area is 212 Å². The van der Waals surface area contributed by atoms with Gasteiger partial charge in [-0.1, -0.05) is 0 Å². The normalized spacial score (nSPS) is 24.1. The van der Waals surface area contributed by atoms with Crippen molar-refractivity contribution in [2.45, 2.75) is 69.6 Å². The molecule has 0 spiro atoms. The number of likely N-dealkylation sites (tertiary alicyclic amines) is 1. The lowest BCUT2D eigenvalue weighted by atomic mass is 9.85. The average molecular weight is 495 g/mol. The van der Waals surface area contributed by atoms with Crippen LogP contribution in [0.15, 0.2) is 30.6 Å². The molecule has 1 unspecified atom stereocenters. The summed E-state index contributed by atoms with van der Waals surface area (Å²) < 4.78 is 13.6. The van der Waals surface area contributed by atoms with Crippen LogP contribution in [0.2, 0.25) is 0 Å². The van der Waals surface area contributed by atoms with Gasteiger partial charge >= 0.3 is 0 Å². The number of anilines is 1. The molecule has 9 heteroatoms. The number of methoxy groups -OCH3 is 1. The summed E-state index contributed by atoms with van der Waals surface area (Å²) in [5, 5.41) is 18.3. The van der Waals surface area contributed by atoms with Crippen molar-refractivity contribution in [1.82, 2.24) is 24.5 Å². The maximum atomic E-state index is 10.1. The summed E-state index contributed by atoms with van der Waals surface area (Å²) in [5.74, 6) is 1.57. The fourth-order valence-corrected chi connectivity index (χ4v) is 5.51. The van der Waals surface area contributed by atoms with E-state index < -0.39 is 0 Å². The SMILES string of the molecule is COC[C@H](C)Nc1ncc2c(-c3ccnc(OC4CCCN(C)C4)c3)cc([C@H]3CC[C@H](O)CC3)n2n1. The molecule has 1 saturated heterocycles. The molecule has 3 aromatic heterocycles. The third-order valence-electron chi connectivity index (χ3n) is 7.37. The zero-order chi connectivity index (χ0) is 25.1. The molecule has 0 radical (unpaired) electrons. The number of hydrogen-bond acceptors (Lipinski definition) is 8. The number of aliphatic hydroxyl groups excluding tert-OH is 1. The highest BCUT2D eigenvalue weighted by Gasteiger charge is 2.26. The minimum atomic E-state index is -0.201. The number of rotatable bonds is 8. The van der Waals surface area contributed by atoms with Crippen LogP contribution in [-0.2, 0) is 4.74 Å². The number of fused-ring (bicyclic) bond motifs is 1. The van der Waals surface area contributed by atoms with Crippen LogP contribution in [-0.4, -0.2) is 81.7 Å². The molecular formula is C27H38N6O3. The van der Waals surface area contributed by atoms with Gasteiger partial charge in [0.15, 0.2) is 0 Å². The van der Waals surface area contributed by atoms with Crippen LogP contribution in [0, 0.1) is 0 Å². The van der Waals surface area contributed by atoms with Crippen LogP contribution in [0.4, 0.5) is 5.95 Å². The Balaban J connectivity index is 1.48. The predicted octanol–water partition coefficient (Wildman–Crippen LogP) is 3.73. The highest BCUT2D eigenvalue weighted by molar-refractivity contribution is 5.81. The average Bonchev–Trinajstić information content (AvgIpc) is 3.24. The quantitative estimate of drug-likeness (QED) is 0.489. The number of hydrogen-bond donors (Lipinski definition) is 2. The lowest BCUT2D eigenvalue weighted by Crippen LogP contribution is -2.38. The van der Waals surface area contributed by atoms with Crippen LogP contribution in [0.1, 0.15) is 57.1 Å². The molecule has 2 atom stereocenters. The molecule has 5 rings (SSSR count). The van der Waals surface area contributed by atoms with Crippen molar-refractivity contribution >= 4 is 11.5 Å². The summed E-state index contributed by atoms with van der Waals surface area (Å²) in [6, 6.07) is 6.39. The van der Waals surface area contributed by atoms with Gasteiger partial charge in [0.05, 0.1) is 24.4 Å². The first kappa shape index (κ1) is 24.9. The predicted molar refractivity (Wildman–Crippen MR) is 140 cm³/mol. The molecule has 1 aliphatic heterocycles. The van der Waals surface area contributed by atoms with Gasteiger partial charge in [0.2, 0.25) is 11.8 Å². The third-order valence-corrected chi connectivity index (χ3v) is 7.37. The lowest BCUT2D eigenvalue weighted by molar-refractivity contribution is 0.100. The van der Waals surface area contributed by atoms with Crippen molar-refractivity contribution in [2.24, 2.45) is 0 Å². The van der Waals surface area contributed by atoms with E-state index in [1.807, 2.05) is 36.0 Å². The molecule has 2 N–H and O–H groups in total. The van der Waals surface area contributed by atoms with Crippen molar-refractivity contribution in [3.8, 4) is 17.0 Å². The second-order valence-corrected chi connectivity index (χ2v) is 10.4. The summed E-state index contributed by atoms with van der Waals surface area (Å²) in [7, 11) is 3.83. The second kappa shape index (κ2) is 11.1. The van der Waals surface area contributed by atoms with Crippen molar-refractivity contribution in [3.63, 3.8) is 0 Å². The summed E-state index contributed by atoms with van der Waals surface area (Å²) in [4.78, 5) is 11.4. The fraction of sp³-hybridized carbons (Fsp3) is 0.593. The van der Waals surface area contributed by atoms with E-state index in [1.165, 1.54) is 0 Å².